The van der Waals surface area contributed by atoms with Gasteiger partial charge in [0.05, 0.1) is 30.0 Å². The van der Waals surface area contributed by atoms with Gasteiger partial charge < -0.3 is 14.8 Å². The van der Waals surface area contributed by atoms with Gasteiger partial charge in [-0.25, -0.2) is 4.98 Å². The molecular weight excluding hydrogens is 416 g/mol. The summed E-state index contributed by atoms with van der Waals surface area (Å²) >= 11 is 3.18. The molecule has 0 fully saturated rings. The number of amides is 1. The van der Waals surface area contributed by atoms with E-state index in [4.69, 9.17) is 9.47 Å². The number of rotatable bonds is 11. The van der Waals surface area contributed by atoms with E-state index in [1.165, 1.54) is 0 Å². The second-order valence-electron chi connectivity index (χ2n) is 6.58. The number of thiazole rings is 1. The summed E-state index contributed by atoms with van der Waals surface area (Å²) < 4.78 is 11.6. The summed E-state index contributed by atoms with van der Waals surface area (Å²) in [5.41, 5.74) is 4.15. The Labute approximate surface area is 185 Å². The van der Waals surface area contributed by atoms with Crippen molar-refractivity contribution in [2.24, 2.45) is 0 Å². The number of hydrogen-bond donors (Lipinski definition) is 1. The highest BCUT2D eigenvalue weighted by Gasteiger charge is 2.14. The van der Waals surface area contributed by atoms with Crippen molar-refractivity contribution in [3.05, 3.63) is 64.6 Å². The van der Waals surface area contributed by atoms with Crippen molar-refractivity contribution in [1.29, 1.82) is 0 Å². The number of benzene rings is 2. The summed E-state index contributed by atoms with van der Waals surface area (Å²) in [7, 11) is 0. The quantitative estimate of drug-likeness (QED) is 0.355. The molecule has 0 bridgehead atoms. The first-order valence-corrected chi connectivity index (χ1v) is 11.9. The molecule has 1 N–H and O–H groups in total. The van der Waals surface area contributed by atoms with Crippen LogP contribution in [0.5, 0.6) is 11.5 Å². The number of nitrogens with zero attached hydrogens (tertiary/aromatic N) is 1. The van der Waals surface area contributed by atoms with E-state index in [0.29, 0.717) is 36.0 Å². The highest BCUT2D eigenvalue weighted by molar-refractivity contribution is 7.98. The molecule has 0 aliphatic heterocycles. The lowest BCUT2D eigenvalue weighted by Gasteiger charge is -2.15. The Kier molecular flexibility index (Phi) is 8.59. The zero-order valence-electron chi connectivity index (χ0n) is 17.2. The highest BCUT2D eigenvalue weighted by atomic mass is 32.2. The van der Waals surface area contributed by atoms with Gasteiger partial charge in [-0.3, -0.25) is 4.79 Å². The van der Waals surface area contributed by atoms with Gasteiger partial charge in [-0.05, 0) is 37.1 Å². The van der Waals surface area contributed by atoms with Crippen LogP contribution in [-0.2, 0) is 5.75 Å². The number of hydrogen-bond acceptors (Lipinski definition) is 6. The number of carbonyl (C=O) groups excluding carboxylic acids is 1. The minimum atomic E-state index is -0.153. The molecule has 0 atom stereocenters. The third kappa shape index (κ3) is 6.24. The Balaban J connectivity index is 1.73. The Morgan fingerprint density at radius 1 is 1.07 bits per heavy atom. The van der Waals surface area contributed by atoms with Crippen molar-refractivity contribution < 1.29 is 14.3 Å². The zero-order valence-corrected chi connectivity index (χ0v) is 18.9. The lowest BCUT2D eigenvalue weighted by Crippen LogP contribution is -2.13. The summed E-state index contributed by atoms with van der Waals surface area (Å²) in [6, 6.07) is 13.1. The molecule has 1 amide bonds. The standard InChI is InChI=1S/C23H26N2O3S2/c1-3-11-27-20-10-9-17(13-21(20)28-12-4-2)25-23(26)19-7-5-6-8-22(19)30-15-18-14-29-16-24-18/h5-10,13-14,16H,3-4,11-12,15H2,1-2H3,(H,25,26). The fourth-order valence-electron chi connectivity index (χ4n) is 2.68. The van der Waals surface area contributed by atoms with Crippen molar-refractivity contribution in [2.45, 2.75) is 37.3 Å². The van der Waals surface area contributed by atoms with Gasteiger partial charge in [0.15, 0.2) is 11.5 Å². The van der Waals surface area contributed by atoms with Gasteiger partial charge in [-0.15, -0.1) is 23.1 Å². The molecule has 0 unspecified atom stereocenters. The van der Waals surface area contributed by atoms with Gasteiger partial charge in [-0.2, -0.15) is 0 Å². The van der Waals surface area contributed by atoms with Crippen molar-refractivity contribution in [2.75, 3.05) is 18.5 Å². The zero-order chi connectivity index (χ0) is 21.2. The lowest BCUT2D eigenvalue weighted by molar-refractivity contribution is 0.102. The fraction of sp³-hybridized carbons (Fsp3) is 0.304. The third-order valence-corrected chi connectivity index (χ3v) is 5.86. The van der Waals surface area contributed by atoms with Gasteiger partial charge in [0, 0.05) is 27.8 Å². The van der Waals surface area contributed by atoms with E-state index in [-0.39, 0.29) is 5.91 Å². The molecule has 2 aromatic carbocycles. The maximum absolute atomic E-state index is 13.0. The summed E-state index contributed by atoms with van der Waals surface area (Å²) in [5.74, 6) is 1.92. The van der Waals surface area contributed by atoms with Gasteiger partial charge in [-0.1, -0.05) is 26.0 Å². The summed E-state index contributed by atoms with van der Waals surface area (Å²) in [6.45, 7) is 5.33. The average Bonchev–Trinajstić information content (AvgIpc) is 3.29. The predicted molar refractivity (Wildman–Crippen MR) is 124 cm³/mol. The van der Waals surface area contributed by atoms with E-state index >= 15 is 0 Å². The van der Waals surface area contributed by atoms with Crippen LogP contribution in [0, 0.1) is 0 Å². The summed E-state index contributed by atoms with van der Waals surface area (Å²) in [4.78, 5) is 18.2. The van der Waals surface area contributed by atoms with E-state index in [2.05, 4.69) is 24.1 Å². The van der Waals surface area contributed by atoms with Crippen LogP contribution in [0.25, 0.3) is 0 Å². The number of ether oxygens (including phenoxy) is 2. The molecule has 0 saturated heterocycles. The van der Waals surface area contributed by atoms with Crippen LogP contribution in [0.3, 0.4) is 0 Å². The monoisotopic (exact) mass is 442 g/mol. The molecule has 3 aromatic rings. The molecule has 158 valence electrons. The van der Waals surface area contributed by atoms with E-state index in [1.54, 1.807) is 23.1 Å². The normalized spacial score (nSPS) is 10.6. The second-order valence-corrected chi connectivity index (χ2v) is 8.31. The third-order valence-electron chi connectivity index (χ3n) is 4.12. The molecule has 7 heteroatoms. The number of anilines is 1. The molecule has 1 aromatic heterocycles. The van der Waals surface area contributed by atoms with Crippen molar-refractivity contribution in [3.63, 3.8) is 0 Å². The first-order valence-electron chi connectivity index (χ1n) is 10.0. The lowest BCUT2D eigenvalue weighted by atomic mass is 10.2. The van der Waals surface area contributed by atoms with E-state index in [0.717, 1.165) is 29.2 Å². The van der Waals surface area contributed by atoms with Crippen molar-refractivity contribution >= 4 is 34.7 Å². The minimum Gasteiger partial charge on any atom is -0.490 e. The van der Waals surface area contributed by atoms with Crippen LogP contribution < -0.4 is 14.8 Å². The van der Waals surface area contributed by atoms with Gasteiger partial charge >= 0.3 is 0 Å². The Bertz CT molecular complexity index is 945. The van der Waals surface area contributed by atoms with Crippen LogP contribution in [-0.4, -0.2) is 24.1 Å². The maximum Gasteiger partial charge on any atom is 0.256 e. The largest absolute Gasteiger partial charge is 0.490 e. The Hall–Kier alpha value is -2.51. The molecule has 0 spiro atoms. The van der Waals surface area contributed by atoms with Crippen molar-refractivity contribution in [3.8, 4) is 11.5 Å². The predicted octanol–water partition coefficient (Wildman–Crippen LogP) is 6.27. The summed E-state index contributed by atoms with van der Waals surface area (Å²) in [6.07, 6.45) is 1.81. The topological polar surface area (TPSA) is 60.5 Å². The molecule has 0 aliphatic carbocycles. The van der Waals surface area contributed by atoms with Crippen molar-refractivity contribution in [1.82, 2.24) is 4.98 Å². The van der Waals surface area contributed by atoms with E-state index in [9.17, 15) is 4.79 Å². The average molecular weight is 443 g/mol. The molecule has 3 rings (SSSR count). The van der Waals surface area contributed by atoms with Crippen LogP contribution in [0.2, 0.25) is 0 Å². The first kappa shape index (κ1) is 22.2. The SMILES string of the molecule is CCCOc1ccc(NC(=O)c2ccccc2SCc2cscn2)cc1OCCC. The van der Waals surface area contributed by atoms with Crippen LogP contribution in [0.15, 0.2) is 58.3 Å². The van der Waals surface area contributed by atoms with Crippen LogP contribution in [0.1, 0.15) is 42.7 Å². The van der Waals surface area contributed by atoms with Crippen LogP contribution in [0.4, 0.5) is 5.69 Å². The molecule has 5 nitrogen and oxygen atoms in total. The fourth-order valence-corrected chi connectivity index (χ4v) is 4.30. The van der Waals surface area contributed by atoms with Gasteiger partial charge in [0.25, 0.3) is 5.91 Å². The summed E-state index contributed by atoms with van der Waals surface area (Å²) in [5, 5.41) is 5.01. The second kappa shape index (κ2) is 11.6. The number of thioether (sulfide) groups is 1. The number of carbonyl (C=O) groups is 1. The van der Waals surface area contributed by atoms with Gasteiger partial charge in [0.2, 0.25) is 0 Å². The number of aromatic nitrogens is 1. The first-order chi connectivity index (χ1) is 14.7. The van der Waals surface area contributed by atoms with Gasteiger partial charge in [0.1, 0.15) is 0 Å². The molecule has 0 radical (unpaired) electrons. The maximum atomic E-state index is 13.0. The molecule has 0 aliphatic rings. The number of nitrogens with one attached hydrogen (secondary N) is 1. The Morgan fingerprint density at radius 3 is 2.57 bits per heavy atom. The molecule has 30 heavy (non-hydrogen) atoms. The van der Waals surface area contributed by atoms with Crippen LogP contribution >= 0.6 is 23.1 Å². The molecular formula is C23H26N2O3S2. The minimum absolute atomic E-state index is 0.153. The molecule has 0 saturated carbocycles. The van der Waals surface area contributed by atoms with E-state index in [1.807, 2.05) is 53.4 Å². The molecule has 1 heterocycles. The highest BCUT2D eigenvalue weighted by Crippen LogP contribution is 2.32. The Morgan fingerprint density at radius 2 is 1.83 bits per heavy atom. The van der Waals surface area contributed by atoms with E-state index < -0.39 is 0 Å². The smallest absolute Gasteiger partial charge is 0.256 e.